The van der Waals surface area contributed by atoms with Gasteiger partial charge in [0.25, 0.3) is 0 Å². The third-order valence-corrected chi connectivity index (χ3v) is 3.90. The Kier molecular flexibility index (Phi) is 6.36. The van der Waals surface area contributed by atoms with Gasteiger partial charge in [-0.1, -0.05) is 0 Å². The standard InChI is InChI=1S/C14H20N2O4S/c1-9(8-21-4)16(2)14(19)15-12-6-5-10(20-3)7-11(12)13(17)18/h5-7,9H,8H2,1-4H3,(H,15,19)(H,17,18). The van der Waals surface area contributed by atoms with Crippen LogP contribution in [0.4, 0.5) is 10.5 Å². The molecule has 0 saturated carbocycles. The zero-order valence-corrected chi connectivity index (χ0v) is 13.4. The van der Waals surface area contributed by atoms with E-state index in [9.17, 15) is 14.7 Å². The van der Waals surface area contributed by atoms with E-state index in [4.69, 9.17) is 4.74 Å². The van der Waals surface area contributed by atoms with Crippen LogP contribution in [0.5, 0.6) is 5.75 Å². The number of anilines is 1. The number of hydrogen-bond acceptors (Lipinski definition) is 4. The van der Waals surface area contributed by atoms with Crippen LogP contribution in [0.1, 0.15) is 17.3 Å². The van der Waals surface area contributed by atoms with E-state index < -0.39 is 5.97 Å². The summed E-state index contributed by atoms with van der Waals surface area (Å²) in [5, 5.41) is 11.8. The fourth-order valence-corrected chi connectivity index (χ4v) is 2.40. The van der Waals surface area contributed by atoms with Crippen LogP contribution >= 0.6 is 11.8 Å². The summed E-state index contributed by atoms with van der Waals surface area (Å²) in [6.07, 6.45) is 1.97. The van der Waals surface area contributed by atoms with Gasteiger partial charge in [0.05, 0.1) is 18.4 Å². The molecule has 1 aromatic carbocycles. The Balaban J connectivity index is 2.92. The number of hydrogen-bond donors (Lipinski definition) is 2. The molecule has 0 radical (unpaired) electrons. The van der Waals surface area contributed by atoms with Crippen LogP contribution in [-0.2, 0) is 0 Å². The van der Waals surface area contributed by atoms with Crippen LogP contribution in [-0.4, -0.2) is 54.2 Å². The van der Waals surface area contributed by atoms with Crippen molar-refractivity contribution in [3.63, 3.8) is 0 Å². The van der Waals surface area contributed by atoms with Gasteiger partial charge in [0, 0.05) is 18.8 Å². The Morgan fingerprint density at radius 1 is 1.48 bits per heavy atom. The molecule has 1 unspecified atom stereocenters. The summed E-state index contributed by atoms with van der Waals surface area (Å²) in [5.41, 5.74) is 0.241. The third-order valence-electron chi connectivity index (χ3n) is 3.09. The zero-order valence-electron chi connectivity index (χ0n) is 12.5. The molecular formula is C14H20N2O4S. The summed E-state index contributed by atoms with van der Waals surface area (Å²) in [4.78, 5) is 24.9. The molecule has 1 atom stereocenters. The maximum atomic E-state index is 12.1. The molecule has 0 fully saturated rings. The lowest BCUT2D eigenvalue weighted by Gasteiger charge is -2.25. The third kappa shape index (κ3) is 4.56. The first-order chi connectivity index (χ1) is 9.90. The number of rotatable bonds is 6. The summed E-state index contributed by atoms with van der Waals surface area (Å²) in [7, 11) is 3.14. The Labute approximate surface area is 128 Å². The molecule has 2 N–H and O–H groups in total. The zero-order chi connectivity index (χ0) is 16.0. The first-order valence-electron chi connectivity index (χ1n) is 6.34. The number of carbonyl (C=O) groups is 2. The smallest absolute Gasteiger partial charge is 0.337 e. The van der Waals surface area contributed by atoms with Crippen molar-refractivity contribution in [2.75, 3.05) is 31.5 Å². The van der Waals surface area contributed by atoms with Gasteiger partial charge in [0.2, 0.25) is 0 Å². The average Bonchev–Trinajstić information content (AvgIpc) is 2.46. The fourth-order valence-electron chi connectivity index (χ4n) is 1.69. The number of methoxy groups -OCH3 is 1. The van der Waals surface area contributed by atoms with Crippen molar-refractivity contribution < 1.29 is 19.4 Å². The molecule has 0 heterocycles. The highest BCUT2D eigenvalue weighted by atomic mass is 32.2. The number of thioether (sulfide) groups is 1. The second-order valence-corrected chi connectivity index (χ2v) is 5.47. The van der Waals surface area contributed by atoms with Crippen LogP contribution in [0.2, 0.25) is 0 Å². The van der Waals surface area contributed by atoms with E-state index in [0.717, 1.165) is 5.75 Å². The molecule has 0 spiro atoms. The van der Waals surface area contributed by atoms with Crippen molar-refractivity contribution in [1.82, 2.24) is 4.90 Å². The number of aromatic carboxylic acids is 1. The van der Waals surface area contributed by atoms with E-state index in [-0.39, 0.29) is 23.3 Å². The van der Waals surface area contributed by atoms with Crippen LogP contribution in [0.25, 0.3) is 0 Å². The topological polar surface area (TPSA) is 78.9 Å². The fraction of sp³-hybridized carbons (Fsp3) is 0.429. The number of benzene rings is 1. The minimum absolute atomic E-state index is 0.00591. The molecular weight excluding hydrogens is 292 g/mol. The molecule has 0 aliphatic carbocycles. The minimum Gasteiger partial charge on any atom is -0.497 e. The van der Waals surface area contributed by atoms with Gasteiger partial charge in [-0.25, -0.2) is 9.59 Å². The Morgan fingerprint density at radius 3 is 2.67 bits per heavy atom. The van der Waals surface area contributed by atoms with Crippen LogP contribution in [0.3, 0.4) is 0 Å². The second-order valence-electron chi connectivity index (χ2n) is 4.56. The highest BCUT2D eigenvalue weighted by Gasteiger charge is 2.18. The monoisotopic (exact) mass is 312 g/mol. The maximum absolute atomic E-state index is 12.1. The van der Waals surface area contributed by atoms with Gasteiger partial charge < -0.3 is 20.1 Å². The van der Waals surface area contributed by atoms with Crippen LogP contribution in [0.15, 0.2) is 18.2 Å². The van der Waals surface area contributed by atoms with Gasteiger partial charge in [-0.3, -0.25) is 0 Å². The number of amides is 2. The predicted molar refractivity (Wildman–Crippen MR) is 84.6 cm³/mol. The van der Waals surface area contributed by atoms with Crippen molar-refractivity contribution in [2.24, 2.45) is 0 Å². The molecule has 0 bridgehead atoms. The molecule has 21 heavy (non-hydrogen) atoms. The van der Waals surface area contributed by atoms with Crippen molar-refractivity contribution in [1.29, 1.82) is 0 Å². The Morgan fingerprint density at radius 2 is 2.14 bits per heavy atom. The highest BCUT2D eigenvalue weighted by Crippen LogP contribution is 2.22. The summed E-state index contributed by atoms with van der Waals surface area (Å²) in [6, 6.07) is 4.21. The molecule has 6 nitrogen and oxygen atoms in total. The minimum atomic E-state index is -1.12. The first kappa shape index (κ1) is 17.2. The van der Waals surface area contributed by atoms with Gasteiger partial charge >= 0.3 is 12.0 Å². The van der Waals surface area contributed by atoms with Crippen LogP contribution < -0.4 is 10.1 Å². The van der Waals surface area contributed by atoms with Crippen molar-refractivity contribution in [3.8, 4) is 5.75 Å². The number of carboxylic acids is 1. The number of carbonyl (C=O) groups excluding carboxylic acids is 1. The molecule has 0 aromatic heterocycles. The highest BCUT2D eigenvalue weighted by molar-refractivity contribution is 7.98. The van der Waals surface area contributed by atoms with E-state index in [1.54, 1.807) is 29.8 Å². The van der Waals surface area contributed by atoms with Crippen molar-refractivity contribution in [3.05, 3.63) is 23.8 Å². The van der Waals surface area contributed by atoms with Crippen molar-refractivity contribution in [2.45, 2.75) is 13.0 Å². The van der Waals surface area contributed by atoms with E-state index in [1.165, 1.54) is 19.2 Å². The summed E-state index contributed by atoms with van der Waals surface area (Å²) >= 11 is 1.64. The molecule has 0 aliphatic rings. The number of nitrogens with zero attached hydrogens (tertiary/aromatic N) is 1. The number of nitrogens with one attached hydrogen (secondary N) is 1. The lowest BCUT2D eigenvalue weighted by molar-refractivity contribution is 0.0697. The second kappa shape index (κ2) is 7.78. The van der Waals surface area contributed by atoms with Gasteiger partial charge in [0.15, 0.2) is 0 Å². The normalized spacial score (nSPS) is 11.6. The van der Waals surface area contributed by atoms with E-state index >= 15 is 0 Å². The van der Waals surface area contributed by atoms with E-state index in [1.807, 2.05) is 13.2 Å². The van der Waals surface area contributed by atoms with Crippen molar-refractivity contribution >= 4 is 29.4 Å². The molecule has 7 heteroatoms. The number of urea groups is 1. The molecule has 2 amide bonds. The molecule has 1 rings (SSSR count). The Hall–Kier alpha value is -1.89. The Bertz CT molecular complexity index is 522. The lowest BCUT2D eigenvalue weighted by atomic mass is 10.1. The summed E-state index contributed by atoms with van der Waals surface area (Å²) in [6.45, 7) is 1.93. The first-order valence-corrected chi connectivity index (χ1v) is 7.74. The quantitative estimate of drug-likeness (QED) is 0.844. The van der Waals surface area contributed by atoms with Gasteiger partial charge in [-0.2, -0.15) is 11.8 Å². The summed E-state index contributed by atoms with van der Waals surface area (Å²) < 4.78 is 4.99. The number of carboxylic acid groups (broad SMARTS) is 1. The summed E-state index contributed by atoms with van der Waals surface area (Å²) in [5.74, 6) is 0.108. The molecule has 0 aliphatic heterocycles. The molecule has 116 valence electrons. The average molecular weight is 312 g/mol. The molecule has 1 aromatic rings. The van der Waals surface area contributed by atoms with Gasteiger partial charge in [0.1, 0.15) is 5.75 Å². The van der Waals surface area contributed by atoms with E-state index in [0.29, 0.717) is 5.75 Å². The van der Waals surface area contributed by atoms with Gasteiger partial charge in [-0.15, -0.1) is 0 Å². The van der Waals surface area contributed by atoms with Crippen LogP contribution in [0, 0.1) is 0 Å². The largest absolute Gasteiger partial charge is 0.497 e. The van der Waals surface area contributed by atoms with E-state index in [2.05, 4.69) is 5.32 Å². The lowest BCUT2D eigenvalue weighted by Crippen LogP contribution is -2.39. The SMILES string of the molecule is COc1ccc(NC(=O)N(C)C(C)CSC)c(C(=O)O)c1. The maximum Gasteiger partial charge on any atom is 0.337 e. The number of ether oxygens (including phenoxy) is 1. The predicted octanol–water partition coefficient (Wildman–Crippen LogP) is 2.61. The molecule has 0 saturated heterocycles. The van der Waals surface area contributed by atoms with Gasteiger partial charge in [-0.05, 0) is 31.4 Å².